The van der Waals surface area contributed by atoms with Crippen LogP contribution in [0.4, 0.5) is 10.7 Å². The number of amidine groups is 1. The number of hydrogen-bond acceptors (Lipinski definition) is 5. The zero-order valence-corrected chi connectivity index (χ0v) is 19.0. The van der Waals surface area contributed by atoms with Crippen molar-refractivity contribution in [3.05, 3.63) is 104 Å². The molecule has 0 aliphatic rings. The van der Waals surface area contributed by atoms with Crippen LogP contribution in [0.5, 0.6) is 11.5 Å². The molecule has 1 heterocycles. The van der Waals surface area contributed by atoms with Gasteiger partial charge in [0.25, 0.3) is 5.56 Å². The van der Waals surface area contributed by atoms with Crippen molar-refractivity contribution in [2.45, 2.75) is 6.54 Å². The fourth-order valence-corrected chi connectivity index (χ4v) is 3.97. The van der Waals surface area contributed by atoms with Gasteiger partial charge >= 0.3 is 0 Å². The van der Waals surface area contributed by atoms with Gasteiger partial charge in [0.05, 0.1) is 11.6 Å². The van der Waals surface area contributed by atoms with Crippen LogP contribution in [0.3, 0.4) is 0 Å². The number of hydrogen-bond donors (Lipinski definition) is 3. The maximum Gasteiger partial charge on any atom is 0.271 e. The van der Waals surface area contributed by atoms with E-state index < -0.39 is 0 Å². The standard InChI is InChI=1S/C23H18Cl2N4O2S/c24-15-6-11-18(25)19(12-15)31-17-9-7-16(8-10-17)28-23-20(22(30)29-32-23)21(26)27-13-14-4-2-1-3-5-14/h1-12,28H,13H2,(H2,26,27)(H,29,30). The molecule has 4 rings (SSSR count). The van der Waals surface area contributed by atoms with Crippen LogP contribution < -0.4 is 21.3 Å². The summed E-state index contributed by atoms with van der Waals surface area (Å²) in [4.78, 5) is 16.7. The molecule has 162 valence electrons. The number of aromatic amines is 1. The fraction of sp³-hybridized carbons (Fsp3) is 0.0435. The Bertz CT molecular complexity index is 1300. The largest absolute Gasteiger partial charge is 0.456 e. The van der Waals surface area contributed by atoms with Crippen LogP contribution >= 0.6 is 34.7 Å². The van der Waals surface area contributed by atoms with Crippen LogP contribution in [0.25, 0.3) is 0 Å². The highest BCUT2D eigenvalue weighted by molar-refractivity contribution is 7.10. The molecule has 6 nitrogen and oxygen atoms in total. The molecule has 0 aliphatic carbocycles. The molecule has 0 spiro atoms. The average Bonchev–Trinajstić information content (AvgIpc) is 3.16. The lowest BCUT2D eigenvalue weighted by molar-refractivity contribution is 0.483. The van der Waals surface area contributed by atoms with E-state index in [1.54, 1.807) is 30.3 Å². The average molecular weight is 485 g/mol. The molecule has 4 N–H and O–H groups in total. The lowest BCUT2D eigenvalue weighted by Gasteiger charge is -2.10. The minimum absolute atomic E-state index is 0.175. The molecule has 0 saturated carbocycles. The maximum atomic E-state index is 12.3. The van der Waals surface area contributed by atoms with Gasteiger partial charge in [-0.1, -0.05) is 53.5 Å². The van der Waals surface area contributed by atoms with Gasteiger partial charge in [-0.05, 0) is 53.5 Å². The van der Waals surface area contributed by atoms with Crippen molar-refractivity contribution >= 4 is 51.3 Å². The highest BCUT2D eigenvalue weighted by Crippen LogP contribution is 2.32. The highest BCUT2D eigenvalue weighted by atomic mass is 35.5. The van der Waals surface area contributed by atoms with Gasteiger partial charge in [-0.25, -0.2) is 0 Å². The van der Waals surface area contributed by atoms with Crippen molar-refractivity contribution in [3.63, 3.8) is 0 Å². The van der Waals surface area contributed by atoms with Gasteiger partial charge in [-0.3, -0.25) is 14.2 Å². The predicted molar refractivity (Wildman–Crippen MR) is 132 cm³/mol. The van der Waals surface area contributed by atoms with Crippen LogP contribution in [0.15, 0.2) is 82.6 Å². The van der Waals surface area contributed by atoms with Crippen LogP contribution in [0, 0.1) is 0 Å². The molecule has 0 unspecified atom stereocenters. The number of nitrogens with two attached hydrogens (primary N) is 1. The molecule has 4 aromatic rings. The molecule has 0 fully saturated rings. The summed E-state index contributed by atoms with van der Waals surface area (Å²) in [6.45, 7) is 0.388. The SMILES string of the molecule is NC(=NCc1ccccc1)c1c(Nc2ccc(Oc3cc(Cl)ccc3Cl)cc2)s[nH]c1=O. The Morgan fingerprint density at radius 3 is 2.56 bits per heavy atom. The van der Waals surface area contributed by atoms with E-state index in [9.17, 15) is 4.79 Å². The fourth-order valence-electron chi connectivity index (χ4n) is 2.88. The molecule has 0 saturated heterocycles. The second-order valence-corrected chi connectivity index (χ2v) is 8.41. The number of rotatable bonds is 7. The van der Waals surface area contributed by atoms with Crippen molar-refractivity contribution in [1.82, 2.24) is 4.37 Å². The minimum atomic E-state index is -0.289. The summed E-state index contributed by atoms with van der Waals surface area (Å²) in [5, 5.41) is 4.78. The van der Waals surface area contributed by atoms with Crippen LogP contribution in [-0.4, -0.2) is 10.2 Å². The molecule has 9 heteroatoms. The Labute approximate surface area is 198 Å². The second kappa shape index (κ2) is 9.91. The van der Waals surface area contributed by atoms with Crippen LogP contribution in [0.2, 0.25) is 10.0 Å². The van der Waals surface area contributed by atoms with E-state index in [1.807, 2.05) is 42.5 Å². The van der Waals surface area contributed by atoms with E-state index >= 15 is 0 Å². The number of halogens is 2. The summed E-state index contributed by atoms with van der Waals surface area (Å²) in [6, 6.07) is 21.9. The van der Waals surface area contributed by atoms with Crippen molar-refractivity contribution in [3.8, 4) is 11.5 Å². The molecular formula is C23H18Cl2N4O2S. The summed E-state index contributed by atoms with van der Waals surface area (Å²) in [6.07, 6.45) is 0. The topological polar surface area (TPSA) is 92.5 Å². The third-order valence-corrected chi connectivity index (χ3v) is 5.81. The Morgan fingerprint density at radius 2 is 1.81 bits per heavy atom. The quantitative estimate of drug-likeness (QED) is 0.215. The van der Waals surface area contributed by atoms with Crippen molar-refractivity contribution in [2.75, 3.05) is 5.32 Å². The first-order valence-electron chi connectivity index (χ1n) is 9.55. The van der Waals surface area contributed by atoms with Crippen molar-refractivity contribution in [2.24, 2.45) is 10.7 Å². The normalized spacial score (nSPS) is 11.4. The number of nitrogens with zero attached hydrogens (tertiary/aromatic N) is 1. The zero-order valence-electron chi connectivity index (χ0n) is 16.6. The van der Waals surface area contributed by atoms with E-state index in [4.69, 9.17) is 33.7 Å². The molecule has 0 aliphatic heterocycles. The Balaban J connectivity index is 1.49. The van der Waals surface area contributed by atoms with Crippen molar-refractivity contribution in [1.29, 1.82) is 0 Å². The summed E-state index contributed by atoms with van der Waals surface area (Å²) >= 11 is 13.3. The maximum absolute atomic E-state index is 12.3. The van der Waals surface area contributed by atoms with Crippen molar-refractivity contribution < 1.29 is 4.74 Å². The number of aromatic nitrogens is 1. The van der Waals surface area contributed by atoms with Gasteiger partial charge in [-0.2, -0.15) is 0 Å². The lowest BCUT2D eigenvalue weighted by Crippen LogP contribution is -2.22. The molecule has 0 bridgehead atoms. The first kappa shape index (κ1) is 22.0. The van der Waals surface area contributed by atoms with Gasteiger partial charge in [0.1, 0.15) is 27.9 Å². The number of H-pyrrole nitrogens is 1. The smallest absolute Gasteiger partial charge is 0.271 e. The molecule has 3 aromatic carbocycles. The predicted octanol–water partition coefficient (Wildman–Crippen LogP) is 6.18. The second-order valence-electron chi connectivity index (χ2n) is 6.75. The molecule has 1 aromatic heterocycles. The van der Waals surface area contributed by atoms with E-state index in [2.05, 4.69) is 14.7 Å². The number of nitrogens with one attached hydrogen (secondary N) is 2. The number of aliphatic imine (C=N–C) groups is 1. The van der Waals surface area contributed by atoms with Crippen LogP contribution in [0.1, 0.15) is 11.1 Å². The van der Waals surface area contributed by atoms with Crippen LogP contribution in [-0.2, 0) is 6.54 Å². The van der Waals surface area contributed by atoms with Gasteiger partial charge in [0, 0.05) is 16.8 Å². The van der Waals surface area contributed by atoms with E-state index in [-0.39, 0.29) is 11.4 Å². The van der Waals surface area contributed by atoms with E-state index in [0.29, 0.717) is 38.7 Å². The summed E-state index contributed by atoms with van der Waals surface area (Å²) in [5.41, 5.74) is 7.92. The third-order valence-electron chi connectivity index (χ3n) is 4.46. The number of ether oxygens (including phenoxy) is 1. The van der Waals surface area contributed by atoms with Gasteiger partial charge in [0.2, 0.25) is 0 Å². The van der Waals surface area contributed by atoms with E-state index in [0.717, 1.165) is 22.8 Å². The summed E-state index contributed by atoms with van der Waals surface area (Å²) < 4.78 is 8.50. The lowest BCUT2D eigenvalue weighted by atomic mass is 10.2. The first-order chi connectivity index (χ1) is 15.5. The zero-order chi connectivity index (χ0) is 22.5. The van der Waals surface area contributed by atoms with E-state index in [1.165, 1.54) is 0 Å². The number of benzene rings is 3. The van der Waals surface area contributed by atoms with Gasteiger partial charge in [0.15, 0.2) is 0 Å². The molecule has 0 radical (unpaired) electrons. The Morgan fingerprint density at radius 1 is 1.06 bits per heavy atom. The third kappa shape index (κ3) is 5.31. The monoisotopic (exact) mass is 484 g/mol. The molecule has 0 amide bonds. The number of anilines is 2. The molecule has 32 heavy (non-hydrogen) atoms. The Kier molecular flexibility index (Phi) is 6.80. The highest BCUT2D eigenvalue weighted by Gasteiger charge is 2.15. The minimum Gasteiger partial charge on any atom is -0.456 e. The van der Waals surface area contributed by atoms with Gasteiger partial charge in [-0.15, -0.1) is 0 Å². The Hall–Kier alpha value is -3.26. The van der Waals surface area contributed by atoms with Gasteiger partial charge < -0.3 is 15.8 Å². The molecule has 0 atom stereocenters. The molecular weight excluding hydrogens is 467 g/mol. The first-order valence-corrected chi connectivity index (χ1v) is 11.1. The summed E-state index contributed by atoms with van der Waals surface area (Å²) in [7, 11) is 0. The summed E-state index contributed by atoms with van der Waals surface area (Å²) in [5.74, 6) is 1.23.